The van der Waals surface area contributed by atoms with Crippen LogP contribution in [0.1, 0.15) is 42.6 Å². The number of benzene rings is 1. The molecular weight excluding hydrogens is 410 g/mol. The maximum absolute atomic E-state index is 12.5. The number of amides is 1. The molecule has 4 rings (SSSR count). The highest BCUT2D eigenvalue weighted by molar-refractivity contribution is 7.98. The first kappa shape index (κ1) is 21.4. The molecule has 3 heterocycles. The molecule has 1 aliphatic rings. The van der Waals surface area contributed by atoms with Gasteiger partial charge in [-0.05, 0) is 38.0 Å². The Bertz CT molecular complexity index is 1040. The number of hydrogen-bond donors (Lipinski definition) is 0. The number of carbonyl (C=O) groups is 1. The summed E-state index contributed by atoms with van der Waals surface area (Å²) in [6.45, 7) is 3.29. The van der Waals surface area contributed by atoms with Gasteiger partial charge in [-0.3, -0.25) is 14.3 Å². The van der Waals surface area contributed by atoms with Crippen LogP contribution in [0.15, 0.2) is 47.9 Å². The monoisotopic (exact) mass is 437 g/mol. The lowest BCUT2D eigenvalue weighted by molar-refractivity contribution is -0.131. The van der Waals surface area contributed by atoms with Crippen LogP contribution in [0.25, 0.3) is 5.69 Å². The molecule has 0 atom stereocenters. The van der Waals surface area contributed by atoms with Crippen molar-refractivity contribution in [2.75, 3.05) is 13.7 Å². The van der Waals surface area contributed by atoms with Crippen LogP contribution in [0.3, 0.4) is 0 Å². The third kappa shape index (κ3) is 5.07. The van der Waals surface area contributed by atoms with E-state index in [1.54, 1.807) is 31.3 Å². The van der Waals surface area contributed by atoms with Gasteiger partial charge < -0.3 is 9.64 Å². The molecule has 31 heavy (non-hydrogen) atoms. The first-order valence-corrected chi connectivity index (χ1v) is 11.5. The quantitative estimate of drug-likeness (QED) is 0.517. The molecule has 1 fully saturated rings. The number of likely N-dealkylation sites (tertiary alicyclic amines) is 1. The Morgan fingerprint density at radius 2 is 2.06 bits per heavy atom. The van der Waals surface area contributed by atoms with E-state index < -0.39 is 0 Å². The molecule has 0 unspecified atom stereocenters. The van der Waals surface area contributed by atoms with E-state index in [-0.39, 0.29) is 5.91 Å². The number of aryl methyl sites for hydroxylation is 1. The molecule has 3 aromatic rings. The van der Waals surface area contributed by atoms with Gasteiger partial charge >= 0.3 is 0 Å². The molecule has 8 heteroatoms. The van der Waals surface area contributed by atoms with Crippen molar-refractivity contribution in [3.63, 3.8) is 0 Å². The van der Waals surface area contributed by atoms with Crippen LogP contribution >= 0.6 is 11.8 Å². The van der Waals surface area contributed by atoms with Gasteiger partial charge in [0.1, 0.15) is 5.75 Å². The van der Waals surface area contributed by atoms with Gasteiger partial charge in [0.25, 0.3) is 0 Å². The van der Waals surface area contributed by atoms with E-state index in [1.807, 2.05) is 33.7 Å². The number of thioether (sulfide) groups is 1. The maximum atomic E-state index is 12.5. The van der Waals surface area contributed by atoms with Crippen molar-refractivity contribution >= 4 is 17.7 Å². The van der Waals surface area contributed by atoms with Gasteiger partial charge in [0, 0.05) is 30.5 Å². The first-order chi connectivity index (χ1) is 15.2. The van der Waals surface area contributed by atoms with E-state index in [2.05, 4.69) is 28.2 Å². The van der Waals surface area contributed by atoms with E-state index >= 15 is 0 Å². The van der Waals surface area contributed by atoms with Crippen LogP contribution in [0.2, 0.25) is 0 Å². The molecule has 1 saturated heterocycles. The summed E-state index contributed by atoms with van der Waals surface area (Å²) >= 11 is 1.60. The summed E-state index contributed by atoms with van der Waals surface area (Å²) in [6, 6.07) is 10.1. The largest absolute Gasteiger partial charge is 0.496 e. The van der Waals surface area contributed by atoms with E-state index in [0.717, 1.165) is 53.8 Å². The molecular formula is C23H27N5O2S. The summed E-state index contributed by atoms with van der Waals surface area (Å²) in [7, 11) is 1.69. The number of hydrogen-bond acceptors (Lipinski definition) is 6. The minimum absolute atomic E-state index is 0.192. The lowest BCUT2D eigenvalue weighted by atomic mass is 10.1. The van der Waals surface area contributed by atoms with Gasteiger partial charge in [0.15, 0.2) is 11.0 Å². The second kappa shape index (κ2) is 9.96. The molecule has 0 saturated carbocycles. The Morgan fingerprint density at radius 1 is 1.16 bits per heavy atom. The number of carbonyl (C=O) groups excluding carboxylic acids is 1. The van der Waals surface area contributed by atoms with Crippen LogP contribution in [0.4, 0.5) is 0 Å². The molecule has 1 aromatic carbocycles. The molecule has 1 amide bonds. The van der Waals surface area contributed by atoms with E-state index in [9.17, 15) is 4.79 Å². The molecule has 0 N–H and O–H groups in total. The Kier molecular flexibility index (Phi) is 6.86. The Labute approximate surface area is 186 Å². The second-order valence-electron chi connectivity index (χ2n) is 7.68. The zero-order valence-electron chi connectivity index (χ0n) is 18.0. The number of pyridine rings is 1. The standard InChI is InChI=1S/C23H27N5O2S/c1-17-9-10-20(30-2)18(13-17)16-31-23-26-25-21(28(23)19-7-6-11-24-14-19)15-27-12-5-3-4-8-22(27)29/h6-7,9-11,13-14H,3-5,8,12,15-16H2,1-2H3. The predicted molar refractivity (Wildman–Crippen MR) is 120 cm³/mol. The number of ether oxygens (including phenoxy) is 1. The highest BCUT2D eigenvalue weighted by Gasteiger charge is 2.22. The number of aromatic nitrogens is 4. The van der Waals surface area contributed by atoms with Gasteiger partial charge in [-0.25, -0.2) is 0 Å². The van der Waals surface area contributed by atoms with Crippen molar-refractivity contribution in [3.05, 3.63) is 59.7 Å². The summed E-state index contributed by atoms with van der Waals surface area (Å²) in [5, 5.41) is 9.70. The van der Waals surface area contributed by atoms with Crippen molar-refractivity contribution < 1.29 is 9.53 Å². The van der Waals surface area contributed by atoms with E-state index in [1.165, 1.54) is 5.56 Å². The van der Waals surface area contributed by atoms with Crippen LogP contribution in [0, 0.1) is 6.92 Å². The first-order valence-electron chi connectivity index (χ1n) is 10.5. The number of methoxy groups -OCH3 is 1. The van der Waals surface area contributed by atoms with Gasteiger partial charge in [0.2, 0.25) is 5.91 Å². The normalized spacial score (nSPS) is 14.5. The van der Waals surface area contributed by atoms with Crippen molar-refractivity contribution in [2.45, 2.75) is 50.1 Å². The molecule has 2 aromatic heterocycles. The predicted octanol–water partition coefficient (Wildman–Crippen LogP) is 4.17. The minimum atomic E-state index is 0.192. The van der Waals surface area contributed by atoms with Crippen molar-refractivity contribution in [3.8, 4) is 11.4 Å². The molecule has 7 nitrogen and oxygen atoms in total. The number of rotatable bonds is 7. The van der Waals surface area contributed by atoms with Gasteiger partial charge in [-0.1, -0.05) is 35.9 Å². The van der Waals surface area contributed by atoms with Crippen molar-refractivity contribution in [1.29, 1.82) is 0 Å². The van der Waals surface area contributed by atoms with Crippen LogP contribution in [-0.2, 0) is 17.1 Å². The third-order valence-electron chi connectivity index (χ3n) is 5.40. The van der Waals surface area contributed by atoms with Crippen molar-refractivity contribution in [1.82, 2.24) is 24.6 Å². The smallest absolute Gasteiger partial charge is 0.222 e. The summed E-state index contributed by atoms with van der Waals surface area (Å²) in [6.07, 6.45) is 7.24. The Morgan fingerprint density at radius 3 is 2.87 bits per heavy atom. The average molecular weight is 438 g/mol. The fourth-order valence-electron chi connectivity index (χ4n) is 3.78. The van der Waals surface area contributed by atoms with Gasteiger partial charge in [-0.15, -0.1) is 10.2 Å². The minimum Gasteiger partial charge on any atom is -0.496 e. The summed E-state index contributed by atoms with van der Waals surface area (Å²) in [5.41, 5.74) is 3.19. The Balaban J connectivity index is 1.62. The fraction of sp³-hybridized carbons (Fsp3) is 0.391. The zero-order valence-corrected chi connectivity index (χ0v) is 18.8. The van der Waals surface area contributed by atoms with E-state index in [0.29, 0.717) is 18.7 Å². The molecule has 0 spiro atoms. The SMILES string of the molecule is COc1ccc(C)cc1CSc1nnc(CN2CCCCCC2=O)n1-c1cccnc1. The average Bonchev–Trinajstić information content (AvgIpc) is 3.08. The van der Waals surface area contributed by atoms with Crippen molar-refractivity contribution in [2.24, 2.45) is 0 Å². The Hall–Kier alpha value is -2.87. The summed E-state index contributed by atoms with van der Waals surface area (Å²) in [4.78, 5) is 18.7. The van der Waals surface area contributed by atoms with Crippen LogP contribution in [-0.4, -0.2) is 44.2 Å². The maximum Gasteiger partial charge on any atom is 0.222 e. The molecule has 0 radical (unpaired) electrons. The molecule has 0 aliphatic carbocycles. The summed E-state index contributed by atoms with van der Waals surface area (Å²) in [5.74, 6) is 2.51. The van der Waals surface area contributed by atoms with Gasteiger partial charge in [-0.2, -0.15) is 0 Å². The van der Waals surface area contributed by atoms with Gasteiger partial charge in [0.05, 0.1) is 25.5 Å². The highest BCUT2D eigenvalue weighted by Crippen LogP contribution is 2.30. The summed E-state index contributed by atoms with van der Waals surface area (Å²) < 4.78 is 7.53. The molecule has 0 bridgehead atoms. The van der Waals surface area contributed by atoms with Crippen LogP contribution in [0.5, 0.6) is 5.75 Å². The van der Waals surface area contributed by atoms with E-state index in [4.69, 9.17) is 4.74 Å². The fourth-order valence-corrected chi connectivity index (χ4v) is 4.73. The highest BCUT2D eigenvalue weighted by atomic mass is 32.2. The lowest BCUT2D eigenvalue weighted by Crippen LogP contribution is -2.31. The molecule has 162 valence electrons. The second-order valence-corrected chi connectivity index (χ2v) is 8.62. The zero-order chi connectivity index (χ0) is 21.6. The topological polar surface area (TPSA) is 73.1 Å². The third-order valence-corrected chi connectivity index (χ3v) is 6.38. The number of nitrogens with zero attached hydrogens (tertiary/aromatic N) is 5. The van der Waals surface area contributed by atoms with Crippen LogP contribution < -0.4 is 4.74 Å². The lowest BCUT2D eigenvalue weighted by Gasteiger charge is -2.20. The molecule has 1 aliphatic heterocycles.